The fourth-order valence-electron chi connectivity index (χ4n) is 2.98. The van der Waals surface area contributed by atoms with Crippen molar-refractivity contribution in [3.05, 3.63) is 35.9 Å². The molecule has 0 spiro atoms. The van der Waals surface area contributed by atoms with E-state index < -0.39 is 6.09 Å². The Bertz CT molecular complexity index is 556. The van der Waals surface area contributed by atoms with Crippen LogP contribution in [0.25, 0.3) is 0 Å². The zero-order valence-corrected chi connectivity index (χ0v) is 15.2. The Morgan fingerprint density at radius 3 is 2.44 bits per heavy atom. The van der Waals surface area contributed by atoms with Crippen LogP contribution < -0.4 is 16.0 Å². The topological polar surface area (TPSA) is 79.5 Å². The van der Waals surface area contributed by atoms with Crippen LogP contribution >= 0.6 is 0 Å². The summed E-state index contributed by atoms with van der Waals surface area (Å²) in [5.41, 5.74) is 0.966. The lowest BCUT2D eigenvalue weighted by Crippen LogP contribution is -2.57. The van der Waals surface area contributed by atoms with Gasteiger partial charge in [-0.05, 0) is 30.7 Å². The Labute approximate surface area is 149 Å². The van der Waals surface area contributed by atoms with Gasteiger partial charge in [-0.25, -0.2) is 4.79 Å². The number of rotatable bonds is 8. The van der Waals surface area contributed by atoms with Gasteiger partial charge in [-0.3, -0.25) is 4.79 Å². The van der Waals surface area contributed by atoms with Crippen molar-refractivity contribution >= 4 is 12.0 Å². The van der Waals surface area contributed by atoms with Crippen LogP contribution in [0.4, 0.5) is 4.79 Å². The maximum Gasteiger partial charge on any atom is 0.407 e. The Kier molecular flexibility index (Phi) is 7.25. The molecular formula is C19H29N3O3. The summed E-state index contributed by atoms with van der Waals surface area (Å²) in [6, 6.07) is 9.77. The molecule has 0 aromatic heterocycles. The molecule has 138 valence electrons. The molecule has 0 radical (unpaired) electrons. The third-order valence-corrected chi connectivity index (χ3v) is 4.38. The van der Waals surface area contributed by atoms with Gasteiger partial charge >= 0.3 is 6.09 Å². The maximum atomic E-state index is 11.9. The fourth-order valence-corrected chi connectivity index (χ4v) is 2.98. The molecule has 0 heterocycles. The Balaban J connectivity index is 1.67. The molecule has 0 bridgehead atoms. The smallest absolute Gasteiger partial charge is 0.407 e. The van der Waals surface area contributed by atoms with Gasteiger partial charge in [-0.15, -0.1) is 0 Å². The maximum absolute atomic E-state index is 11.9. The first-order valence-electron chi connectivity index (χ1n) is 8.92. The van der Waals surface area contributed by atoms with Crippen molar-refractivity contribution in [1.29, 1.82) is 0 Å². The third kappa shape index (κ3) is 6.38. The Morgan fingerprint density at radius 1 is 1.16 bits per heavy atom. The van der Waals surface area contributed by atoms with E-state index in [1.165, 1.54) is 0 Å². The molecule has 1 aliphatic carbocycles. The molecule has 1 fully saturated rings. The van der Waals surface area contributed by atoms with Crippen molar-refractivity contribution < 1.29 is 14.3 Å². The monoisotopic (exact) mass is 347 g/mol. The highest BCUT2D eigenvalue weighted by Crippen LogP contribution is 2.22. The van der Waals surface area contributed by atoms with Crippen molar-refractivity contribution in [2.75, 3.05) is 7.05 Å². The van der Waals surface area contributed by atoms with Crippen molar-refractivity contribution in [1.82, 2.24) is 16.0 Å². The predicted molar refractivity (Wildman–Crippen MR) is 97.0 cm³/mol. The molecule has 2 rings (SSSR count). The normalized spacial score (nSPS) is 20.5. The summed E-state index contributed by atoms with van der Waals surface area (Å²) in [5.74, 6) is 0.462. The molecule has 6 heteroatoms. The SMILES string of the molecule is CNC(=O)C(CC(C)C)NC1CC(NC(=O)OCc2ccccc2)C1. The zero-order chi connectivity index (χ0) is 18.2. The predicted octanol–water partition coefficient (Wildman–Crippen LogP) is 2.19. The number of nitrogens with one attached hydrogen (secondary N) is 3. The molecule has 0 aliphatic heterocycles. The second kappa shape index (κ2) is 9.42. The van der Waals surface area contributed by atoms with Crippen molar-refractivity contribution in [3.63, 3.8) is 0 Å². The number of carbonyl (C=O) groups is 2. The van der Waals surface area contributed by atoms with Gasteiger partial charge in [-0.2, -0.15) is 0 Å². The van der Waals surface area contributed by atoms with E-state index in [-0.39, 0.29) is 30.6 Å². The minimum Gasteiger partial charge on any atom is -0.445 e. The lowest BCUT2D eigenvalue weighted by molar-refractivity contribution is -0.123. The number of benzene rings is 1. The van der Waals surface area contributed by atoms with Crippen LogP contribution in [-0.4, -0.2) is 37.2 Å². The lowest BCUT2D eigenvalue weighted by atomic mass is 9.85. The van der Waals surface area contributed by atoms with Crippen LogP contribution in [0, 0.1) is 5.92 Å². The second-order valence-corrected chi connectivity index (χ2v) is 7.03. The first-order valence-corrected chi connectivity index (χ1v) is 8.92. The number of amides is 2. The van der Waals surface area contributed by atoms with Gasteiger partial charge in [0.1, 0.15) is 6.61 Å². The molecule has 0 saturated heterocycles. The molecule has 1 aliphatic rings. The number of hydrogen-bond acceptors (Lipinski definition) is 4. The van der Waals surface area contributed by atoms with Gasteiger partial charge in [0.25, 0.3) is 0 Å². The first-order chi connectivity index (χ1) is 12.0. The molecule has 1 saturated carbocycles. The van der Waals surface area contributed by atoms with Crippen LogP contribution in [0.1, 0.15) is 38.7 Å². The number of likely N-dealkylation sites (N-methyl/N-ethyl adjacent to an activating group) is 1. The van der Waals surface area contributed by atoms with E-state index in [0.29, 0.717) is 5.92 Å². The van der Waals surface area contributed by atoms with Crippen LogP contribution in [0.15, 0.2) is 30.3 Å². The van der Waals surface area contributed by atoms with Crippen LogP contribution in [0.3, 0.4) is 0 Å². The molecule has 6 nitrogen and oxygen atoms in total. The van der Waals surface area contributed by atoms with Crippen LogP contribution in [-0.2, 0) is 16.1 Å². The van der Waals surface area contributed by atoms with Crippen molar-refractivity contribution in [2.45, 2.75) is 57.8 Å². The van der Waals surface area contributed by atoms with E-state index in [9.17, 15) is 9.59 Å². The summed E-state index contributed by atoms with van der Waals surface area (Å²) >= 11 is 0. The molecule has 1 aromatic rings. The number of carbonyl (C=O) groups excluding carboxylic acids is 2. The highest BCUT2D eigenvalue weighted by molar-refractivity contribution is 5.81. The van der Waals surface area contributed by atoms with Crippen molar-refractivity contribution in [2.24, 2.45) is 5.92 Å². The summed E-state index contributed by atoms with van der Waals surface area (Å²) < 4.78 is 5.22. The summed E-state index contributed by atoms with van der Waals surface area (Å²) in [4.78, 5) is 23.8. The molecular weight excluding hydrogens is 318 g/mol. The highest BCUT2D eigenvalue weighted by Gasteiger charge is 2.33. The van der Waals surface area contributed by atoms with E-state index in [2.05, 4.69) is 29.8 Å². The van der Waals surface area contributed by atoms with Gasteiger partial charge < -0.3 is 20.7 Å². The number of ether oxygens (including phenoxy) is 1. The zero-order valence-electron chi connectivity index (χ0n) is 15.2. The first kappa shape index (κ1) is 19.2. The summed E-state index contributed by atoms with van der Waals surface area (Å²) in [6.07, 6.45) is 2.03. The molecule has 25 heavy (non-hydrogen) atoms. The second-order valence-electron chi connectivity index (χ2n) is 7.03. The number of hydrogen-bond donors (Lipinski definition) is 3. The molecule has 2 amide bonds. The Morgan fingerprint density at radius 2 is 1.84 bits per heavy atom. The molecule has 1 unspecified atom stereocenters. The Hall–Kier alpha value is -2.08. The standard InChI is InChI=1S/C19H29N3O3/c1-13(2)9-17(18(23)20-3)21-15-10-16(11-15)22-19(24)25-12-14-7-5-4-6-8-14/h4-8,13,15-17,21H,9-12H2,1-3H3,(H,20,23)(H,22,24). The van der Waals surface area contributed by atoms with Gasteiger partial charge in [0.15, 0.2) is 0 Å². The minimum absolute atomic E-state index is 0.0207. The molecule has 1 aromatic carbocycles. The van der Waals surface area contributed by atoms with E-state index >= 15 is 0 Å². The number of alkyl carbamates (subject to hydrolysis) is 1. The largest absolute Gasteiger partial charge is 0.445 e. The van der Waals surface area contributed by atoms with E-state index in [1.807, 2.05) is 30.3 Å². The quantitative estimate of drug-likeness (QED) is 0.673. The average Bonchev–Trinajstić information content (AvgIpc) is 2.57. The summed E-state index contributed by atoms with van der Waals surface area (Å²) in [5, 5.41) is 8.97. The highest BCUT2D eigenvalue weighted by atomic mass is 16.5. The van der Waals surface area contributed by atoms with E-state index in [4.69, 9.17) is 4.74 Å². The third-order valence-electron chi connectivity index (χ3n) is 4.38. The van der Waals surface area contributed by atoms with Gasteiger partial charge in [0.2, 0.25) is 5.91 Å². The minimum atomic E-state index is -0.391. The van der Waals surface area contributed by atoms with E-state index in [1.54, 1.807) is 7.05 Å². The van der Waals surface area contributed by atoms with Crippen LogP contribution in [0.2, 0.25) is 0 Å². The summed E-state index contributed by atoms with van der Waals surface area (Å²) in [6.45, 7) is 4.48. The van der Waals surface area contributed by atoms with Gasteiger partial charge in [0, 0.05) is 19.1 Å². The van der Waals surface area contributed by atoms with Crippen LogP contribution in [0.5, 0.6) is 0 Å². The van der Waals surface area contributed by atoms with Crippen molar-refractivity contribution in [3.8, 4) is 0 Å². The lowest BCUT2D eigenvalue weighted by Gasteiger charge is -2.38. The molecule has 3 N–H and O–H groups in total. The average molecular weight is 347 g/mol. The summed E-state index contributed by atoms with van der Waals surface area (Å²) in [7, 11) is 1.66. The van der Waals surface area contributed by atoms with E-state index in [0.717, 1.165) is 24.8 Å². The molecule has 1 atom stereocenters. The van der Waals surface area contributed by atoms with Gasteiger partial charge in [-0.1, -0.05) is 44.2 Å². The van der Waals surface area contributed by atoms with Gasteiger partial charge in [0.05, 0.1) is 6.04 Å². The fraction of sp³-hybridized carbons (Fsp3) is 0.579.